The molecule has 0 aliphatic rings. The predicted octanol–water partition coefficient (Wildman–Crippen LogP) is 5.56. The summed E-state index contributed by atoms with van der Waals surface area (Å²) in [7, 11) is 0. The van der Waals surface area contributed by atoms with E-state index in [-0.39, 0.29) is 0 Å². The van der Waals surface area contributed by atoms with Crippen LogP contribution in [0, 0.1) is 34.6 Å². The average molecular weight is 436 g/mol. The molecule has 7 heteroatoms. The van der Waals surface area contributed by atoms with Gasteiger partial charge in [-0.2, -0.15) is 5.10 Å². The van der Waals surface area contributed by atoms with Crippen molar-refractivity contribution in [2.75, 3.05) is 5.32 Å². The summed E-state index contributed by atoms with van der Waals surface area (Å²) < 4.78 is 1.87. The van der Waals surface area contributed by atoms with Gasteiger partial charge < -0.3 is 0 Å². The summed E-state index contributed by atoms with van der Waals surface area (Å²) in [5.74, 6) is 0.926. The third-order valence-electron chi connectivity index (χ3n) is 5.68. The largest absolute Gasteiger partial charge is 0.293 e. The molecule has 33 heavy (non-hydrogen) atoms. The molecule has 0 aliphatic carbocycles. The van der Waals surface area contributed by atoms with E-state index in [0.29, 0.717) is 11.9 Å². The van der Waals surface area contributed by atoms with E-state index in [1.54, 1.807) is 6.20 Å². The first-order valence-electron chi connectivity index (χ1n) is 10.9. The van der Waals surface area contributed by atoms with Gasteiger partial charge in [0, 0.05) is 23.3 Å². The van der Waals surface area contributed by atoms with Crippen LogP contribution in [0.1, 0.15) is 28.1 Å². The summed E-state index contributed by atoms with van der Waals surface area (Å²) in [5, 5.41) is 8.92. The lowest BCUT2D eigenvalue weighted by Crippen LogP contribution is -2.04. The van der Waals surface area contributed by atoms with Crippen LogP contribution in [0.4, 0.5) is 11.9 Å². The number of benzene rings is 2. The number of hydrogen-bond acceptors (Lipinski definition) is 6. The van der Waals surface area contributed by atoms with Crippen LogP contribution in [-0.2, 0) is 0 Å². The molecule has 0 unspecified atom stereocenters. The molecule has 0 saturated heterocycles. The maximum Gasteiger partial charge on any atom is 0.230 e. The van der Waals surface area contributed by atoms with Crippen LogP contribution in [0.25, 0.3) is 27.8 Å². The minimum atomic E-state index is 0.443. The highest BCUT2D eigenvalue weighted by atomic mass is 15.3. The number of nitrogens with zero attached hydrogens (tertiary/aromatic N) is 6. The summed E-state index contributed by atoms with van der Waals surface area (Å²) in [5.41, 5.74) is 9.01. The summed E-state index contributed by atoms with van der Waals surface area (Å²) in [6, 6.07) is 14.4. The zero-order valence-electron chi connectivity index (χ0n) is 19.4. The van der Waals surface area contributed by atoms with Crippen LogP contribution in [-0.4, -0.2) is 29.7 Å². The van der Waals surface area contributed by atoms with E-state index >= 15 is 0 Å². The fraction of sp³-hybridized carbons (Fsp3) is 0.192. The Bertz CT molecular complexity index is 1480. The molecule has 0 atom stereocenters. The van der Waals surface area contributed by atoms with Crippen LogP contribution < -0.4 is 5.32 Å². The number of hydrogen-bond donors (Lipinski definition) is 1. The van der Waals surface area contributed by atoms with E-state index < -0.39 is 0 Å². The zero-order chi connectivity index (χ0) is 23.1. The number of aromatic nitrogens is 6. The average Bonchev–Trinajstić information content (AvgIpc) is 3.17. The minimum Gasteiger partial charge on any atom is -0.293 e. The van der Waals surface area contributed by atoms with Crippen LogP contribution in [0.5, 0.6) is 0 Å². The van der Waals surface area contributed by atoms with E-state index in [1.165, 1.54) is 11.1 Å². The monoisotopic (exact) mass is 435 g/mol. The zero-order valence-corrected chi connectivity index (χ0v) is 19.4. The van der Waals surface area contributed by atoms with E-state index in [0.717, 1.165) is 44.8 Å². The Morgan fingerprint density at radius 3 is 2.33 bits per heavy atom. The Hall–Kier alpha value is -4.13. The van der Waals surface area contributed by atoms with Crippen molar-refractivity contribution in [3.8, 4) is 16.9 Å². The van der Waals surface area contributed by atoms with Gasteiger partial charge in [0.25, 0.3) is 0 Å². The van der Waals surface area contributed by atoms with Gasteiger partial charge in [0.1, 0.15) is 0 Å². The molecule has 5 aromatic rings. The Morgan fingerprint density at radius 2 is 1.55 bits per heavy atom. The molecule has 3 heterocycles. The van der Waals surface area contributed by atoms with Gasteiger partial charge in [-0.25, -0.2) is 24.6 Å². The van der Waals surface area contributed by atoms with Gasteiger partial charge in [-0.1, -0.05) is 29.3 Å². The number of anilines is 2. The number of fused-ring (bicyclic) bond motifs is 1. The maximum absolute atomic E-state index is 4.72. The molecule has 0 aliphatic heterocycles. The van der Waals surface area contributed by atoms with Crippen LogP contribution >= 0.6 is 0 Å². The fourth-order valence-electron chi connectivity index (χ4n) is 4.00. The summed E-state index contributed by atoms with van der Waals surface area (Å²) in [6.45, 7) is 10.2. The van der Waals surface area contributed by atoms with Gasteiger partial charge >= 0.3 is 0 Å². The normalized spacial score (nSPS) is 11.2. The SMILES string of the molecule is Cc1ccc(-n2cc(-c3ccnc(Nc4nc(C)c5cc(C)cc(C)c5n4)n3)c(C)n2)cc1. The highest BCUT2D eigenvalue weighted by Crippen LogP contribution is 2.25. The van der Waals surface area contributed by atoms with Gasteiger partial charge in [0.2, 0.25) is 11.9 Å². The van der Waals surface area contributed by atoms with E-state index in [1.807, 2.05) is 30.8 Å². The van der Waals surface area contributed by atoms with Crippen LogP contribution in [0.15, 0.2) is 54.9 Å². The quantitative estimate of drug-likeness (QED) is 0.398. The second-order valence-corrected chi connectivity index (χ2v) is 8.41. The maximum atomic E-state index is 4.72. The third kappa shape index (κ3) is 4.05. The number of nitrogens with one attached hydrogen (secondary N) is 1. The second kappa shape index (κ2) is 8.09. The molecule has 0 radical (unpaired) electrons. The van der Waals surface area contributed by atoms with E-state index in [9.17, 15) is 0 Å². The second-order valence-electron chi connectivity index (χ2n) is 8.41. The summed E-state index contributed by atoms with van der Waals surface area (Å²) >= 11 is 0. The first-order chi connectivity index (χ1) is 15.9. The molecule has 0 saturated carbocycles. The summed E-state index contributed by atoms with van der Waals surface area (Å²) in [4.78, 5) is 18.4. The molecule has 0 spiro atoms. The lowest BCUT2D eigenvalue weighted by Gasteiger charge is -2.10. The highest BCUT2D eigenvalue weighted by Gasteiger charge is 2.13. The van der Waals surface area contributed by atoms with Crippen LogP contribution in [0.2, 0.25) is 0 Å². The lowest BCUT2D eigenvalue weighted by molar-refractivity contribution is 0.862. The molecule has 7 nitrogen and oxygen atoms in total. The van der Waals surface area contributed by atoms with Crippen molar-refractivity contribution in [3.05, 3.63) is 82.9 Å². The van der Waals surface area contributed by atoms with Crippen molar-refractivity contribution in [3.63, 3.8) is 0 Å². The number of rotatable bonds is 4. The smallest absolute Gasteiger partial charge is 0.230 e. The van der Waals surface area contributed by atoms with Gasteiger partial charge in [-0.3, -0.25) is 5.32 Å². The number of aryl methyl sites for hydroxylation is 5. The van der Waals surface area contributed by atoms with E-state index in [4.69, 9.17) is 9.97 Å². The summed E-state index contributed by atoms with van der Waals surface area (Å²) in [6.07, 6.45) is 3.73. The van der Waals surface area contributed by atoms with E-state index in [2.05, 4.69) is 77.6 Å². The van der Waals surface area contributed by atoms with Crippen molar-refractivity contribution in [2.45, 2.75) is 34.6 Å². The standard InChI is InChI=1S/C26H25N7/c1-15-6-8-20(9-7-15)33-14-22(19(5)32-33)23-10-11-27-25(29-23)31-26-28-18(4)21-13-16(2)12-17(3)24(21)30-26/h6-14H,1-5H3,(H,27,28,29,30,31). The Labute approximate surface area is 192 Å². The Morgan fingerprint density at radius 1 is 0.758 bits per heavy atom. The molecular weight excluding hydrogens is 410 g/mol. The lowest BCUT2D eigenvalue weighted by atomic mass is 10.1. The molecule has 5 rings (SSSR count). The first kappa shape index (κ1) is 20.8. The van der Waals surface area contributed by atoms with Crippen molar-refractivity contribution >= 4 is 22.8 Å². The molecule has 2 aromatic carbocycles. The predicted molar refractivity (Wildman–Crippen MR) is 131 cm³/mol. The molecule has 0 amide bonds. The van der Waals surface area contributed by atoms with Gasteiger partial charge in [0.05, 0.1) is 28.3 Å². The molecular formula is C26H25N7. The third-order valence-corrected chi connectivity index (χ3v) is 5.68. The van der Waals surface area contributed by atoms with Crippen molar-refractivity contribution in [1.82, 2.24) is 29.7 Å². The minimum absolute atomic E-state index is 0.443. The van der Waals surface area contributed by atoms with Crippen molar-refractivity contribution in [2.24, 2.45) is 0 Å². The molecule has 164 valence electrons. The van der Waals surface area contributed by atoms with Gasteiger partial charge in [-0.15, -0.1) is 0 Å². The molecule has 0 fully saturated rings. The van der Waals surface area contributed by atoms with Crippen molar-refractivity contribution < 1.29 is 0 Å². The van der Waals surface area contributed by atoms with Crippen molar-refractivity contribution in [1.29, 1.82) is 0 Å². The molecule has 1 N–H and O–H groups in total. The fourth-order valence-corrected chi connectivity index (χ4v) is 4.00. The first-order valence-corrected chi connectivity index (χ1v) is 10.9. The van der Waals surface area contributed by atoms with Crippen LogP contribution in [0.3, 0.4) is 0 Å². The topological polar surface area (TPSA) is 81.4 Å². The highest BCUT2D eigenvalue weighted by molar-refractivity contribution is 5.85. The Kier molecular flexibility index (Phi) is 5.09. The van der Waals surface area contributed by atoms with Gasteiger partial charge in [-0.05, 0) is 64.4 Å². The van der Waals surface area contributed by atoms with Gasteiger partial charge in [0.15, 0.2) is 0 Å². The Balaban J connectivity index is 1.48. The molecule has 3 aromatic heterocycles. The molecule has 0 bridgehead atoms.